The third-order valence-corrected chi connectivity index (χ3v) is 6.56. The number of hydrogen-bond donors (Lipinski definition) is 0. The Balaban J connectivity index is 1.86. The van der Waals surface area contributed by atoms with Crippen molar-refractivity contribution in [3.63, 3.8) is 0 Å². The van der Waals surface area contributed by atoms with Gasteiger partial charge in [0.1, 0.15) is 11.3 Å². The second kappa shape index (κ2) is 7.57. The lowest BCUT2D eigenvalue weighted by Gasteiger charge is -2.16. The normalized spacial score (nSPS) is 16.8. The fourth-order valence-electron chi connectivity index (χ4n) is 3.58. The number of aromatic nitrogens is 2. The van der Waals surface area contributed by atoms with Gasteiger partial charge in [-0.05, 0) is 30.7 Å². The summed E-state index contributed by atoms with van der Waals surface area (Å²) >= 11 is 7.66. The monoisotopic (exact) mass is 384 g/mol. The van der Waals surface area contributed by atoms with Gasteiger partial charge in [-0.25, -0.2) is 4.98 Å². The molecule has 2 aromatic heterocycles. The molecule has 0 amide bonds. The van der Waals surface area contributed by atoms with E-state index < -0.39 is 0 Å². The van der Waals surface area contributed by atoms with Crippen LogP contribution in [0.25, 0.3) is 11.1 Å². The first-order valence-corrected chi connectivity index (χ1v) is 10.8. The first kappa shape index (κ1) is 17.8. The molecule has 0 spiro atoms. The summed E-state index contributed by atoms with van der Waals surface area (Å²) in [6.07, 6.45) is 4.34. The number of aryl methyl sites for hydroxylation is 1. The molecule has 0 saturated carbocycles. The molecular formula is C21H24N2OS2. The van der Waals surface area contributed by atoms with Crippen molar-refractivity contribution in [3.05, 3.63) is 51.9 Å². The standard InChI is InChI=1S/C21H24N2OS2/c1-3-11-26-21-22-18-16-12-14(2)9-10-17(16)24-19(18)20(25)23(21)13-15-7-5-4-6-8-15/h4-8,14H,3,9-13H2,1-2H3. The molecule has 1 unspecified atom stereocenters. The van der Waals surface area contributed by atoms with E-state index >= 15 is 0 Å². The van der Waals surface area contributed by atoms with Crippen LogP contribution in [0.15, 0.2) is 39.9 Å². The van der Waals surface area contributed by atoms with Gasteiger partial charge in [-0.3, -0.25) is 0 Å². The molecule has 5 heteroatoms. The van der Waals surface area contributed by atoms with Crippen molar-refractivity contribution in [1.82, 2.24) is 9.55 Å². The maximum Gasteiger partial charge on any atom is 0.187 e. The minimum absolute atomic E-state index is 0.682. The lowest BCUT2D eigenvalue weighted by Crippen LogP contribution is -2.11. The Bertz CT molecular complexity index is 975. The molecule has 0 fully saturated rings. The molecule has 26 heavy (non-hydrogen) atoms. The molecular weight excluding hydrogens is 360 g/mol. The van der Waals surface area contributed by atoms with Crippen molar-refractivity contribution < 1.29 is 4.42 Å². The minimum atomic E-state index is 0.682. The molecule has 3 nitrogen and oxygen atoms in total. The van der Waals surface area contributed by atoms with E-state index in [1.165, 1.54) is 17.5 Å². The zero-order valence-corrected chi connectivity index (χ0v) is 17.0. The highest BCUT2D eigenvalue weighted by atomic mass is 32.2. The predicted octanol–water partition coefficient (Wildman–Crippen LogP) is 6.03. The molecule has 1 aliphatic rings. The molecule has 4 rings (SSSR count). The number of rotatable bonds is 5. The molecule has 1 aliphatic carbocycles. The molecule has 1 aromatic carbocycles. The fraction of sp³-hybridized carbons (Fsp3) is 0.429. The largest absolute Gasteiger partial charge is 0.456 e. The number of fused-ring (bicyclic) bond motifs is 3. The summed E-state index contributed by atoms with van der Waals surface area (Å²) in [5.41, 5.74) is 4.32. The van der Waals surface area contributed by atoms with Crippen molar-refractivity contribution >= 4 is 35.1 Å². The highest BCUT2D eigenvalue weighted by Crippen LogP contribution is 2.35. The van der Waals surface area contributed by atoms with E-state index in [-0.39, 0.29) is 0 Å². The summed E-state index contributed by atoms with van der Waals surface area (Å²) < 4.78 is 9.13. The van der Waals surface area contributed by atoms with Crippen molar-refractivity contribution in [2.45, 2.75) is 51.2 Å². The highest BCUT2D eigenvalue weighted by Gasteiger charge is 2.25. The van der Waals surface area contributed by atoms with Crippen LogP contribution in [-0.2, 0) is 19.4 Å². The number of benzene rings is 1. The second-order valence-corrected chi connectivity index (χ2v) is 8.60. The first-order valence-electron chi connectivity index (χ1n) is 9.39. The summed E-state index contributed by atoms with van der Waals surface area (Å²) in [7, 11) is 0. The van der Waals surface area contributed by atoms with E-state index in [0.717, 1.165) is 58.2 Å². The Morgan fingerprint density at radius 3 is 2.88 bits per heavy atom. The van der Waals surface area contributed by atoms with Crippen molar-refractivity contribution in [2.75, 3.05) is 5.75 Å². The minimum Gasteiger partial charge on any atom is -0.456 e. The highest BCUT2D eigenvalue weighted by molar-refractivity contribution is 7.99. The van der Waals surface area contributed by atoms with Gasteiger partial charge in [0.05, 0.1) is 6.54 Å². The van der Waals surface area contributed by atoms with Gasteiger partial charge < -0.3 is 8.98 Å². The smallest absolute Gasteiger partial charge is 0.187 e. The molecule has 0 bridgehead atoms. The van der Waals surface area contributed by atoms with Crippen molar-refractivity contribution in [1.29, 1.82) is 0 Å². The summed E-state index contributed by atoms with van der Waals surface area (Å²) in [6.45, 7) is 5.24. The van der Waals surface area contributed by atoms with Crippen molar-refractivity contribution in [3.8, 4) is 0 Å². The van der Waals surface area contributed by atoms with E-state index in [1.807, 2.05) is 6.07 Å². The van der Waals surface area contributed by atoms with Gasteiger partial charge in [0.2, 0.25) is 0 Å². The second-order valence-electron chi connectivity index (χ2n) is 7.15. The maximum absolute atomic E-state index is 6.21. The van der Waals surface area contributed by atoms with Crippen LogP contribution in [-0.4, -0.2) is 15.3 Å². The summed E-state index contributed by atoms with van der Waals surface area (Å²) in [4.78, 5) is 5.04. The molecule has 0 saturated heterocycles. The lowest BCUT2D eigenvalue weighted by atomic mass is 9.89. The Morgan fingerprint density at radius 2 is 2.12 bits per heavy atom. The Hall–Kier alpha value is -1.59. The lowest BCUT2D eigenvalue weighted by molar-refractivity contribution is 0.437. The topological polar surface area (TPSA) is 31.0 Å². The molecule has 2 heterocycles. The maximum atomic E-state index is 6.21. The number of nitrogens with zero attached hydrogens (tertiary/aromatic N) is 2. The van der Waals surface area contributed by atoms with Crippen LogP contribution in [0.1, 0.15) is 43.6 Å². The van der Waals surface area contributed by atoms with Gasteiger partial charge in [0.25, 0.3) is 0 Å². The third-order valence-electron chi connectivity index (χ3n) is 4.98. The fourth-order valence-corrected chi connectivity index (χ4v) is 4.78. The molecule has 1 atom stereocenters. The van der Waals surface area contributed by atoms with E-state index in [9.17, 15) is 0 Å². The Kier molecular flexibility index (Phi) is 5.18. The molecule has 0 radical (unpaired) electrons. The summed E-state index contributed by atoms with van der Waals surface area (Å²) in [5, 5.41) is 1.01. The average Bonchev–Trinajstić information content (AvgIpc) is 3.01. The van der Waals surface area contributed by atoms with Crippen LogP contribution in [0.3, 0.4) is 0 Å². The molecule has 0 aliphatic heterocycles. The Labute approximate surface area is 163 Å². The number of thioether (sulfide) groups is 1. The van der Waals surface area contributed by atoms with Gasteiger partial charge in [-0.15, -0.1) is 0 Å². The van der Waals surface area contributed by atoms with Crippen LogP contribution >= 0.6 is 24.0 Å². The van der Waals surface area contributed by atoms with E-state index in [4.69, 9.17) is 21.6 Å². The predicted molar refractivity (Wildman–Crippen MR) is 111 cm³/mol. The van der Waals surface area contributed by atoms with E-state index in [2.05, 4.69) is 42.7 Å². The summed E-state index contributed by atoms with van der Waals surface area (Å²) in [6, 6.07) is 10.4. The Morgan fingerprint density at radius 1 is 1.31 bits per heavy atom. The molecule has 136 valence electrons. The van der Waals surface area contributed by atoms with Gasteiger partial charge in [0.15, 0.2) is 15.4 Å². The van der Waals surface area contributed by atoms with Crippen LogP contribution in [0.5, 0.6) is 0 Å². The van der Waals surface area contributed by atoms with Crippen LogP contribution in [0.4, 0.5) is 0 Å². The van der Waals surface area contributed by atoms with Crippen LogP contribution in [0, 0.1) is 10.6 Å². The van der Waals surface area contributed by atoms with Gasteiger partial charge in [-0.2, -0.15) is 0 Å². The zero-order chi connectivity index (χ0) is 18.1. The quantitative estimate of drug-likeness (QED) is 0.305. The zero-order valence-electron chi connectivity index (χ0n) is 15.3. The van der Waals surface area contributed by atoms with E-state index in [0.29, 0.717) is 5.92 Å². The van der Waals surface area contributed by atoms with Gasteiger partial charge in [0, 0.05) is 17.7 Å². The van der Waals surface area contributed by atoms with Gasteiger partial charge >= 0.3 is 0 Å². The first-order chi connectivity index (χ1) is 12.7. The summed E-state index contributed by atoms with van der Waals surface area (Å²) in [5.74, 6) is 2.82. The number of hydrogen-bond acceptors (Lipinski definition) is 4. The van der Waals surface area contributed by atoms with E-state index in [1.54, 1.807) is 11.8 Å². The molecule has 0 N–H and O–H groups in total. The van der Waals surface area contributed by atoms with Gasteiger partial charge in [-0.1, -0.05) is 68.2 Å². The SMILES string of the molecule is CCCSc1nc2c3c(oc2c(=S)n1Cc1ccccc1)CCC(C)C3. The third kappa shape index (κ3) is 3.35. The number of furan rings is 1. The average molecular weight is 385 g/mol. The van der Waals surface area contributed by atoms with Crippen LogP contribution in [0.2, 0.25) is 0 Å². The van der Waals surface area contributed by atoms with Crippen molar-refractivity contribution in [2.24, 2.45) is 5.92 Å². The molecule has 3 aromatic rings. The van der Waals surface area contributed by atoms with Crippen LogP contribution < -0.4 is 0 Å².